The Morgan fingerprint density at radius 2 is 1.92 bits per heavy atom. The van der Waals surface area contributed by atoms with Crippen LogP contribution < -0.4 is 0 Å². The number of amides is 1. The highest BCUT2D eigenvalue weighted by molar-refractivity contribution is 5.90. The van der Waals surface area contributed by atoms with Gasteiger partial charge in [0.2, 0.25) is 5.91 Å². The lowest BCUT2D eigenvalue weighted by Gasteiger charge is -2.32. The minimum absolute atomic E-state index is 0.233. The number of likely N-dealkylation sites (tertiary alicyclic amines) is 1. The monoisotopic (exact) mass is 323 g/mol. The largest absolute Gasteiger partial charge is 0.377 e. The van der Waals surface area contributed by atoms with Crippen molar-refractivity contribution in [2.45, 2.75) is 19.3 Å². The molecule has 1 heterocycles. The molecule has 0 unspecified atom stereocenters. The van der Waals surface area contributed by atoms with Crippen LogP contribution in [0.15, 0.2) is 55.1 Å². The lowest BCUT2D eigenvalue weighted by atomic mass is 9.96. The van der Waals surface area contributed by atoms with Gasteiger partial charge in [0, 0.05) is 19.7 Å². The third-order valence-electron chi connectivity index (χ3n) is 4.78. The van der Waals surface area contributed by atoms with Crippen molar-refractivity contribution < 1.29 is 9.53 Å². The summed E-state index contributed by atoms with van der Waals surface area (Å²) in [6.45, 7) is 6.73. The minimum atomic E-state index is 0.233. The van der Waals surface area contributed by atoms with E-state index in [9.17, 15) is 4.79 Å². The second-order valence-corrected chi connectivity index (χ2v) is 6.47. The van der Waals surface area contributed by atoms with Gasteiger partial charge in [0.25, 0.3) is 0 Å². The highest BCUT2D eigenvalue weighted by Gasteiger charge is 2.23. The van der Waals surface area contributed by atoms with Gasteiger partial charge in [-0.25, -0.2) is 0 Å². The van der Waals surface area contributed by atoms with E-state index in [1.807, 2.05) is 23.1 Å². The average molecular weight is 323 g/mol. The second-order valence-electron chi connectivity index (χ2n) is 6.47. The Morgan fingerprint density at radius 1 is 1.17 bits per heavy atom. The SMILES string of the molecule is C=CCOCC1CCN(C(=O)Cc2cccc3ccccc23)CC1. The first-order valence-electron chi connectivity index (χ1n) is 8.71. The van der Waals surface area contributed by atoms with Crippen LogP contribution in [0.25, 0.3) is 10.8 Å². The molecule has 3 nitrogen and oxygen atoms in total. The number of carbonyl (C=O) groups is 1. The zero-order valence-corrected chi connectivity index (χ0v) is 14.1. The molecule has 126 valence electrons. The number of piperidine rings is 1. The molecule has 1 saturated heterocycles. The number of benzene rings is 2. The number of ether oxygens (including phenoxy) is 1. The van der Waals surface area contributed by atoms with E-state index in [4.69, 9.17) is 4.74 Å². The van der Waals surface area contributed by atoms with Crippen LogP contribution in [0.4, 0.5) is 0 Å². The molecule has 1 amide bonds. The van der Waals surface area contributed by atoms with E-state index in [-0.39, 0.29) is 5.91 Å². The van der Waals surface area contributed by atoms with Gasteiger partial charge in [0.05, 0.1) is 13.0 Å². The van der Waals surface area contributed by atoms with Crippen LogP contribution in [0.1, 0.15) is 18.4 Å². The van der Waals surface area contributed by atoms with Gasteiger partial charge in [-0.1, -0.05) is 48.5 Å². The molecule has 3 heteroatoms. The molecule has 24 heavy (non-hydrogen) atoms. The number of hydrogen-bond donors (Lipinski definition) is 0. The topological polar surface area (TPSA) is 29.5 Å². The fourth-order valence-electron chi connectivity index (χ4n) is 3.39. The minimum Gasteiger partial charge on any atom is -0.377 e. The Morgan fingerprint density at radius 3 is 2.71 bits per heavy atom. The molecule has 0 N–H and O–H groups in total. The van der Waals surface area contributed by atoms with Crippen molar-refractivity contribution in [3.05, 3.63) is 60.7 Å². The maximum atomic E-state index is 12.7. The first-order chi connectivity index (χ1) is 11.8. The Bertz CT molecular complexity index is 697. The van der Waals surface area contributed by atoms with Crippen molar-refractivity contribution in [2.24, 2.45) is 5.92 Å². The summed E-state index contributed by atoms with van der Waals surface area (Å²) in [6.07, 6.45) is 4.32. The van der Waals surface area contributed by atoms with Crippen molar-refractivity contribution >= 4 is 16.7 Å². The average Bonchev–Trinajstić information content (AvgIpc) is 2.63. The van der Waals surface area contributed by atoms with E-state index in [0.29, 0.717) is 18.9 Å². The summed E-state index contributed by atoms with van der Waals surface area (Å²) in [5, 5.41) is 2.38. The third-order valence-corrected chi connectivity index (χ3v) is 4.78. The first-order valence-corrected chi connectivity index (χ1v) is 8.71. The van der Waals surface area contributed by atoms with Crippen LogP contribution >= 0.6 is 0 Å². The molecule has 1 aliphatic rings. The van der Waals surface area contributed by atoms with Crippen molar-refractivity contribution in [1.29, 1.82) is 0 Å². The van der Waals surface area contributed by atoms with E-state index in [0.717, 1.165) is 38.1 Å². The molecule has 1 fully saturated rings. The molecular formula is C21H25NO2. The van der Waals surface area contributed by atoms with Crippen molar-refractivity contribution in [3.8, 4) is 0 Å². The molecule has 0 spiro atoms. The summed E-state index contributed by atoms with van der Waals surface area (Å²) < 4.78 is 5.54. The van der Waals surface area contributed by atoms with Crippen LogP contribution in [-0.2, 0) is 16.0 Å². The summed E-state index contributed by atoms with van der Waals surface area (Å²) in [5.74, 6) is 0.795. The van der Waals surface area contributed by atoms with Crippen molar-refractivity contribution in [3.63, 3.8) is 0 Å². The van der Waals surface area contributed by atoms with Crippen molar-refractivity contribution in [1.82, 2.24) is 4.90 Å². The van der Waals surface area contributed by atoms with Gasteiger partial charge in [0.15, 0.2) is 0 Å². The maximum Gasteiger partial charge on any atom is 0.227 e. The summed E-state index contributed by atoms with van der Waals surface area (Å²) >= 11 is 0. The number of rotatable bonds is 6. The quantitative estimate of drug-likeness (QED) is 0.597. The highest BCUT2D eigenvalue weighted by atomic mass is 16.5. The lowest BCUT2D eigenvalue weighted by molar-refractivity contribution is -0.132. The van der Waals surface area contributed by atoms with Gasteiger partial charge in [-0.05, 0) is 35.1 Å². The Hall–Kier alpha value is -2.13. The van der Waals surface area contributed by atoms with Crippen LogP contribution in [-0.4, -0.2) is 37.1 Å². The molecule has 0 aliphatic carbocycles. The molecule has 0 radical (unpaired) electrons. The summed E-state index contributed by atoms with van der Waals surface area (Å²) in [4.78, 5) is 14.7. The number of fused-ring (bicyclic) bond motifs is 1. The van der Waals surface area contributed by atoms with Gasteiger partial charge < -0.3 is 9.64 Å². The van der Waals surface area contributed by atoms with E-state index >= 15 is 0 Å². The number of carbonyl (C=O) groups excluding carboxylic acids is 1. The molecular weight excluding hydrogens is 298 g/mol. The highest BCUT2D eigenvalue weighted by Crippen LogP contribution is 2.22. The summed E-state index contributed by atoms with van der Waals surface area (Å²) in [7, 11) is 0. The zero-order valence-electron chi connectivity index (χ0n) is 14.1. The molecule has 3 rings (SSSR count). The van der Waals surface area contributed by atoms with E-state index < -0.39 is 0 Å². The standard InChI is InChI=1S/C21H25NO2/c1-2-14-24-16-17-10-12-22(13-11-17)21(23)15-19-8-5-7-18-6-3-4-9-20(18)19/h2-9,17H,1,10-16H2. The van der Waals surface area contributed by atoms with Gasteiger partial charge in [-0.15, -0.1) is 6.58 Å². The Kier molecular flexibility index (Phi) is 5.65. The zero-order chi connectivity index (χ0) is 16.8. The van der Waals surface area contributed by atoms with Crippen molar-refractivity contribution in [2.75, 3.05) is 26.3 Å². The van der Waals surface area contributed by atoms with Gasteiger partial charge in [0.1, 0.15) is 0 Å². The van der Waals surface area contributed by atoms with Gasteiger partial charge in [-0.2, -0.15) is 0 Å². The molecule has 2 aromatic carbocycles. The predicted molar refractivity (Wildman–Crippen MR) is 98.0 cm³/mol. The number of hydrogen-bond acceptors (Lipinski definition) is 2. The molecule has 2 aromatic rings. The lowest BCUT2D eigenvalue weighted by Crippen LogP contribution is -2.40. The number of nitrogens with zero attached hydrogens (tertiary/aromatic N) is 1. The molecule has 0 aromatic heterocycles. The Labute approximate surface area is 143 Å². The molecule has 0 atom stereocenters. The summed E-state index contributed by atoms with van der Waals surface area (Å²) in [5.41, 5.74) is 1.12. The smallest absolute Gasteiger partial charge is 0.227 e. The second kappa shape index (κ2) is 8.11. The molecule has 1 aliphatic heterocycles. The fraction of sp³-hybridized carbons (Fsp3) is 0.381. The molecule has 0 bridgehead atoms. The first kappa shape index (κ1) is 16.7. The van der Waals surface area contributed by atoms with Crippen LogP contribution in [0, 0.1) is 5.92 Å². The van der Waals surface area contributed by atoms with Gasteiger partial charge >= 0.3 is 0 Å². The predicted octanol–water partition coefficient (Wildman–Crippen LogP) is 3.82. The van der Waals surface area contributed by atoms with E-state index in [1.165, 1.54) is 10.8 Å². The van der Waals surface area contributed by atoms with E-state index in [2.05, 4.69) is 30.8 Å². The van der Waals surface area contributed by atoms with Crippen LogP contribution in [0.5, 0.6) is 0 Å². The molecule has 0 saturated carbocycles. The summed E-state index contributed by atoms with van der Waals surface area (Å²) in [6, 6.07) is 14.5. The maximum absolute atomic E-state index is 12.7. The normalized spacial score (nSPS) is 15.6. The Balaban J connectivity index is 1.57. The van der Waals surface area contributed by atoms with Crippen LogP contribution in [0.3, 0.4) is 0 Å². The van der Waals surface area contributed by atoms with Gasteiger partial charge in [-0.3, -0.25) is 4.79 Å². The van der Waals surface area contributed by atoms with Crippen LogP contribution in [0.2, 0.25) is 0 Å². The third kappa shape index (κ3) is 4.04. The fourth-order valence-corrected chi connectivity index (χ4v) is 3.39. The van der Waals surface area contributed by atoms with E-state index in [1.54, 1.807) is 6.08 Å².